The lowest BCUT2D eigenvalue weighted by molar-refractivity contribution is -0.148. The Morgan fingerprint density at radius 3 is 2.62 bits per heavy atom. The molecule has 9 nitrogen and oxygen atoms in total. The number of amides is 1. The van der Waals surface area contributed by atoms with Gasteiger partial charge in [0.2, 0.25) is 11.7 Å². The van der Waals surface area contributed by atoms with Gasteiger partial charge in [0.25, 0.3) is 0 Å². The first-order valence-electron chi connectivity index (χ1n) is 12.3. The third-order valence-corrected chi connectivity index (χ3v) is 7.08. The van der Waals surface area contributed by atoms with Crippen LogP contribution in [0.3, 0.4) is 0 Å². The molecule has 39 heavy (non-hydrogen) atoms. The Kier molecular flexibility index (Phi) is 6.77. The molecule has 1 amide bonds. The number of carbonyl (C=O) groups excluding carboxylic acids is 1. The maximum Gasteiger partial charge on any atom is 0.451 e. The predicted octanol–water partition coefficient (Wildman–Crippen LogP) is 1.72. The highest BCUT2D eigenvalue weighted by molar-refractivity contribution is 6.58. The van der Waals surface area contributed by atoms with Crippen LogP contribution in [0, 0.1) is 23.2 Å². The summed E-state index contributed by atoms with van der Waals surface area (Å²) in [6.45, 7) is 3.04. The van der Waals surface area contributed by atoms with Crippen LogP contribution in [0.4, 0.5) is 18.9 Å². The Labute approximate surface area is 226 Å². The largest absolute Gasteiger partial charge is 0.516 e. The van der Waals surface area contributed by atoms with E-state index >= 15 is 0 Å². The van der Waals surface area contributed by atoms with E-state index in [1.165, 1.54) is 6.20 Å². The van der Waals surface area contributed by atoms with Gasteiger partial charge in [-0.1, -0.05) is 6.92 Å². The summed E-state index contributed by atoms with van der Waals surface area (Å²) >= 11 is 0. The van der Waals surface area contributed by atoms with Crippen molar-refractivity contribution in [2.75, 3.05) is 24.5 Å². The fourth-order valence-electron chi connectivity index (χ4n) is 5.35. The summed E-state index contributed by atoms with van der Waals surface area (Å²) in [5.74, 6) is -1.16. The van der Waals surface area contributed by atoms with Crippen LogP contribution in [0.1, 0.15) is 30.6 Å². The monoisotopic (exact) mass is 529 g/mol. The number of pyridine rings is 1. The standard InChI is InChI=1S/C24H21B3F3N7O2/c1-13-11-35(20-14(9-31)10-32-18-8-15(2-3-17(18)20)39-24(25,26)27)5-4-16(13)21(38)36-6-7-37-19(12-36)33-34-22(37)23(28,29)30/h2-3,8,10,13,16H,4-7,11-12H2,1H3/t13-,16+/m1/s1. The number of alkyl halides is 3. The average molecular weight is 529 g/mol. The molecule has 2 aliphatic rings. The average Bonchev–Trinajstić information content (AvgIpc) is 3.30. The van der Waals surface area contributed by atoms with Crippen molar-refractivity contribution in [3.63, 3.8) is 0 Å². The van der Waals surface area contributed by atoms with E-state index in [4.69, 9.17) is 28.3 Å². The fraction of sp³-hybridized carbons (Fsp3) is 0.458. The quantitative estimate of drug-likeness (QED) is 0.475. The lowest BCUT2D eigenvalue weighted by atomic mass is 9.52. The Hall–Kier alpha value is -3.69. The van der Waals surface area contributed by atoms with Gasteiger partial charge in [-0.2, -0.15) is 18.4 Å². The van der Waals surface area contributed by atoms with E-state index in [1.807, 2.05) is 6.92 Å². The van der Waals surface area contributed by atoms with Crippen LogP contribution < -0.4 is 9.64 Å². The number of hydrogen-bond acceptors (Lipinski definition) is 7. The Morgan fingerprint density at radius 2 is 1.95 bits per heavy atom. The Bertz CT molecular complexity index is 1470. The van der Waals surface area contributed by atoms with Crippen molar-refractivity contribution in [3.8, 4) is 11.8 Å². The van der Waals surface area contributed by atoms with Crippen molar-refractivity contribution in [2.24, 2.45) is 11.8 Å². The summed E-state index contributed by atoms with van der Waals surface area (Å²) in [6, 6.07) is 7.20. The second-order valence-electron chi connectivity index (χ2n) is 9.93. The van der Waals surface area contributed by atoms with Crippen LogP contribution in [0.5, 0.6) is 5.75 Å². The summed E-state index contributed by atoms with van der Waals surface area (Å²) in [5, 5.41) is 15.6. The molecule has 0 spiro atoms. The summed E-state index contributed by atoms with van der Waals surface area (Å²) in [7, 11) is 16.6. The van der Waals surface area contributed by atoms with Crippen LogP contribution in [-0.2, 0) is 24.1 Å². The number of aromatic nitrogens is 4. The molecule has 3 aromatic rings. The molecule has 0 bridgehead atoms. The van der Waals surface area contributed by atoms with Gasteiger partial charge in [-0.05, 0) is 29.8 Å². The molecule has 1 saturated heterocycles. The van der Waals surface area contributed by atoms with E-state index in [-0.39, 0.29) is 43.2 Å². The maximum atomic E-state index is 13.4. The molecule has 15 heteroatoms. The number of benzene rings is 1. The summed E-state index contributed by atoms with van der Waals surface area (Å²) in [5.41, 5.74) is 1.62. The molecular weight excluding hydrogens is 508 g/mol. The van der Waals surface area contributed by atoms with E-state index < -0.39 is 17.3 Å². The van der Waals surface area contributed by atoms with Crippen LogP contribution in [0.2, 0.25) is 0 Å². The van der Waals surface area contributed by atoms with Crippen molar-refractivity contribution in [1.29, 1.82) is 5.26 Å². The highest BCUT2D eigenvalue weighted by Crippen LogP contribution is 2.37. The number of nitriles is 1. The molecule has 0 saturated carbocycles. The van der Waals surface area contributed by atoms with Crippen molar-refractivity contribution >= 4 is 46.0 Å². The van der Waals surface area contributed by atoms with Crippen LogP contribution in [0.15, 0.2) is 24.4 Å². The zero-order valence-electron chi connectivity index (χ0n) is 21.0. The SMILES string of the molecule is [B]C([B])([B])Oc1ccc2c(N3CC[C@H](C(=O)N4CCn5c(nnc5C(F)(F)F)C4)[C@H](C)C3)c(C#N)cnc2c1. The molecule has 1 fully saturated rings. The van der Waals surface area contributed by atoms with Gasteiger partial charge in [-0.25, -0.2) is 0 Å². The minimum Gasteiger partial charge on any atom is -0.516 e. The first kappa shape index (κ1) is 26.9. The molecule has 5 rings (SSSR count). The highest BCUT2D eigenvalue weighted by Gasteiger charge is 2.41. The summed E-state index contributed by atoms with van der Waals surface area (Å²) in [4.78, 5) is 21.4. The van der Waals surface area contributed by atoms with Crippen LogP contribution >= 0.6 is 0 Å². The maximum absolute atomic E-state index is 13.4. The number of ether oxygens (including phenoxy) is 1. The molecule has 2 aromatic heterocycles. The first-order valence-corrected chi connectivity index (χ1v) is 12.3. The topological polar surface area (TPSA) is 100 Å². The van der Waals surface area contributed by atoms with Crippen LogP contribution in [0.25, 0.3) is 10.9 Å². The van der Waals surface area contributed by atoms with Crippen molar-refractivity contribution < 1.29 is 22.7 Å². The lowest BCUT2D eigenvalue weighted by Crippen LogP contribution is -2.49. The van der Waals surface area contributed by atoms with Crippen molar-refractivity contribution in [3.05, 3.63) is 41.6 Å². The van der Waals surface area contributed by atoms with E-state index in [1.54, 1.807) is 23.1 Å². The summed E-state index contributed by atoms with van der Waals surface area (Å²) in [6.07, 6.45) is -2.62. The van der Waals surface area contributed by atoms with Gasteiger partial charge in [0.1, 0.15) is 35.4 Å². The van der Waals surface area contributed by atoms with E-state index in [0.717, 1.165) is 4.57 Å². The normalized spacial score (nSPS) is 20.0. The Morgan fingerprint density at radius 1 is 1.18 bits per heavy atom. The molecule has 0 aliphatic carbocycles. The van der Waals surface area contributed by atoms with Crippen molar-refractivity contribution in [1.82, 2.24) is 24.6 Å². The Balaban J connectivity index is 1.33. The second-order valence-corrected chi connectivity index (χ2v) is 9.93. The minimum absolute atomic E-state index is 0.0179. The minimum atomic E-state index is -4.60. The molecule has 2 aliphatic heterocycles. The van der Waals surface area contributed by atoms with Crippen molar-refractivity contribution in [2.45, 2.75) is 37.9 Å². The number of nitrogens with zero attached hydrogens (tertiary/aromatic N) is 7. The van der Waals surface area contributed by atoms with Crippen LogP contribution in [-0.4, -0.2) is 79.0 Å². The van der Waals surface area contributed by atoms with Gasteiger partial charge in [-0.15, -0.1) is 10.2 Å². The first-order chi connectivity index (χ1) is 18.4. The lowest BCUT2D eigenvalue weighted by Gasteiger charge is -2.40. The number of rotatable bonds is 4. The number of anilines is 1. The van der Waals surface area contributed by atoms with Gasteiger partial charge in [0, 0.05) is 49.7 Å². The van der Waals surface area contributed by atoms with E-state index in [9.17, 15) is 23.2 Å². The van der Waals surface area contributed by atoms with E-state index in [2.05, 4.69) is 26.2 Å². The van der Waals surface area contributed by atoms with Gasteiger partial charge in [0.05, 0.1) is 23.3 Å². The number of halogens is 3. The van der Waals surface area contributed by atoms with E-state index in [0.29, 0.717) is 47.4 Å². The molecule has 4 heterocycles. The molecule has 6 radical (unpaired) electrons. The fourth-order valence-corrected chi connectivity index (χ4v) is 5.35. The number of carbonyl (C=O) groups is 1. The van der Waals surface area contributed by atoms with Gasteiger partial charge in [0.15, 0.2) is 5.82 Å². The number of piperidine rings is 1. The number of fused-ring (bicyclic) bond motifs is 2. The van der Waals surface area contributed by atoms with Gasteiger partial charge >= 0.3 is 6.18 Å². The van der Waals surface area contributed by atoms with Gasteiger partial charge < -0.3 is 19.1 Å². The highest BCUT2D eigenvalue weighted by atomic mass is 19.4. The molecule has 194 valence electrons. The second kappa shape index (κ2) is 9.81. The molecule has 0 unspecified atom stereocenters. The number of hydrogen-bond donors (Lipinski definition) is 0. The smallest absolute Gasteiger partial charge is 0.451 e. The molecule has 0 N–H and O–H groups in total. The third kappa shape index (κ3) is 5.29. The third-order valence-electron chi connectivity index (χ3n) is 7.08. The zero-order chi connectivity index (χ0) is 28.1. The molecule has 2 atom stereocenters. The molecule has 1 aromatic carbocycles. The van der Waals surface area contributed by atoms with Gasteiger partial charge in [-0.3, -0.25) is 9.78 Å². The molecular formula is C24H21B3F3N7O2. The predicted molar refractivity (Wildman–Crippen MR) is 137 cm³/mol. The zero-order valence-corrected chi connectivity index (χ0v) is 21.0. The summed E-state index contributed by atoms with van der Waals surface area (Å²) < 4.78 is 45.8.